The highest BCUT2D eigenvalue weighted by Crippen LogP contribution is 2.13. The van der Waals surface area contributed by atoms with E-state index >= 15 is 0 Å². The third-order valence-corrected chi connectivity index (χ3v) is 2.83. The lowest BCUT2D eigenvalue weighted by atomic mass is 10.1. The summed E-state index contributed by atoms with van der Waals surface area (Å²) >= 11 is 0. The van der Waals surface area contributed by atoms with Crippen LogP contribution in [0.3, 0.4) is 0 Å². The predicted molar refractivity (Wildman–Crippen MR) is 67.6 cm³/mol. The van der Waals surface area contributed by atoms with Crippen LogP contribution >= 0.6 is 0 Å². The van der Waals surface area contributed by atoms with Gasteiger partial charge >= 0.3 is 0 Å². The number of imidazole rings is 1. The minimum atomic E-state index is -0.608. The molecule has 2 rings (SSSR count). The van der Waals surface area contributed by atoms with Crippen molar-refractivity contribution in [2.75, 3.05) is 0 Å². The Morgan fingerprint density at radius 3 is 2.78 bits per heavy atom. The number of nitrogens with zero attached hydrogens (tertiary/aromatic N) is 3. The van der Waals surface area contributed by atoms with Crippen LogP contribution in [0.1, 0.15) is 30.3 Å². The van der Waals surface area contributed by atoms with Crippen LogP contribution in [-0.4, -0.2) is 14.7 Å². The van der Waals surface area contributed by atoms with E-state index in [-0.39, 0.29) is 0 Å². The largest absolute Gasteiger partial charge is 0.373 e. The zero-order valence-corrected chi connectivity index (χ0v) is 10.0. The number of nitriles is 1. The van der Waals surface area contributed by atoms with E-state index in [1.54, 1.807) is 10.8 Å². The fourth-order valence-electron chi connectivity index (χ4n) is 1.84. The van der Waals surface area contributed by atoms with Gasteiger partial charge in [-0.25, -0.2) is 4.98 Å². The molecule has 1 heterocycles. The van der Waals surface area contributed by atoms with Crippen molar-refractivity contribution in [2.45, 2.75) is 25.5 Å². The lowest BCUT2D eigenvalue weighted by molar-refractivity contribution is 0.0922. The van der Waals surface area contributed by atoms with Gasteiger partial charge in [-0.05, 0) is 24.8 Å². The number of aryl methyl sites for hydroxylation is 1. The Bertz CT molecular complexity index is 527. The monoisotopic (exact) mass is 241 g/mol. The molecule has 4 heteroatoms. The normalized spacial score (nSPS) is 12.0. The standard InChI is InChI=1S/C14H15N3O/c15-9-13-10-17(11-16-13)14(18)8-4-7-12-5-2-1-3-6-12/h1-3,5-6,10-11,14,18H,4,7-8H2. The van der Waals surface area contributed by atoms with Crippen molar-refractivity contribution in [2.24, 2.45) is 0 Å². The van der Waals surface area contributed by atoms with Crippen LogP contribution in [-0.2, 0) is 6.42 Å². The van der Waals surface area contributed by atoms with Gasteiger partial charge in [0.1, 0.15) is 12.3 Å². The van der Waals surface area contributed by atoms with E-state index in [0.29, 0.717) is 12.1 Å². The van der Waals surface area contributed by atoms with Gasteiger partial charge in [0.05, 0.1) is 6.33 Å². The Kier molecular flexibility index (Phi) is 4.11. The molecular weight excluding hydrogens is 226 g/mol. The van der Waals surface area contributed by atoms with Crippen molar-refractivity contribution in [3.8, 4) is 6.07 Å². The molecular formula is C14H15N3O. The second-order valence-corrected chi connectivity index (χ2v) is 4.18. The van der Waals surface area contributed by atoms with Gasteiger partial charge in [0, 0.05) is 6.20 Å². The van der Waals surface area contributed by atoms with E-state index in [2.05, 4.69) is 17.1 Å². The zero-order valence-electron chi connectivity index (χ0n) is 10.0. The topological polar surface area (TPSA) is 61.8 Å². The first-order valence-electron chi connectivity index (χ1n) is 5.95. The van der Waals surface area contributed by atoms with Gasteiger partial charge in [-0.2, -0.15) is 5.26 Å². The lowest BCUT2D eigenvalue weighted by Gasteiger charge is -2.11. The molecule has 0 aliphatic rings. The summed E-state index contributed by atoms with van der Waals surface area (Å²) in [6.45, 7) is 0. The number of hydrogen-bond acceptors (Lipinski definition) is 3. The first kappa shape index (κ1) is 12.3. The highest BCUT2D eigenvalue weighted by Gasteiger charge is 2.07. The highest BCUT2D eigenvalue weighted by molar-refractivity contribution is 5.16. The number of aliphatic hydroxyl groups is 1. The molecule has 1 aromatic carbocycles. The van der Waals surface area contributed by atoms with E-state index in [9.17, 15) is 5.11 Å². The first-order chi connectivity index (χ1) is 8.79. The smallest absolute Gasteiger partial charge is 0.158 e. The molecule has 92 valence electrons. The molecule has 0 fully saturated rings. The second kappa shape index (κ2) is 5.99. The van der Waals surface area contributed by atoms with Gasteiger partial charge in [0.2, 0.25) is 0 Å². The lowest BCUT2D eigenvalue weighted by Crippen LogP contribution is -2.06. The van der Waals surface area contributed by atoms with Gasteiger partial charge in [-0.3, -0.25) is 0 Å². The summed E-state index contributed by atoms with van der Waals surface area (Å²) in [5.41, 5.74) is 1.60. The van der Waals surface area contributed by atoms with Gasteiger partial charge in [0.15, 0.2) is 5.69 Å². The van der Waals surface area contributed by atoms with Crippen LogP contribution in [0.5, 0.6) is 0 Å². The molecule has 1 N–H and O–H groups in total. The maximum Gasteiger partial charge on any atom is 0.158 e. The summed E-state index contributed by atoms with van der Waals surface area (Å²) < 4.78 is 1.57. The Labute approximate surface area is 106 Å². The van der Waals surface area contributed by atoms with Gasteiger partial charge < -0.3 is 9.67 Å². The van der Waals surface area contributed by atoms with Crippen molar-refractivity contribution in [1.82, 2.24) is 9.55 Å². The van der Waals surface area contributed by atoms with Crippen LogP contribution in [0.2, 0.25) is 0 Å². The Hall–Kier alpha value is -2.12. The molecule has 0 saturated carbocycles. The van der Waals surface area contributed by atoms with Gasteiger partial charge in [0.25, 0.3) is 0 Å². The van der Waals surface area contributed by atoms with Gasteiger partial charge in [-0.15, -0.1) is 0 Å². The number of aromatic nitrogens is 2. The van der Waals surface area contributed by atoms with Crippen molar-refractivity contribution >= 4 is 0 Å². The summed E-state index contributed by atoms with van der Waals surface area (Å²) in [5, 5.41) is 18.6. The highest BCUT2D eigenvalue weighted by atomic mass is 16.3. The Morgan fingerprint density at radius 2 is 2.11 bits per heavy atom. The van der Waals surface area contributed by atoms with Crippen LogP contribution in [0, 0.1) is 11.3 Å². The summed E-state index contributed by atoms with van der Waals surface area (Å²) in [7, 11) is 0. The van der Waals surface area contributed by atoms with Crippen molar-refractivity contribution in [3.63, 3.8) is 0 Å². The van der Waals surface area contributed by atoms with Crippen LogP contribution in [0.15, 0.2) is 42.9 Å². The number of rotatable bonds is 5. The average Bonchev–Trinajstić information content (AvgIpc) is 2.89. The molecule has 2 aromatic rings. The fraction of sp³-hybridized carbons (Fsp3) is 0.286. The maximum absolute atomic E-state index is 9.92. The Morgan fingerprint density at radius 1 is 1.33 bits per heavy atom. The summed E-state index contributed by atoms with van der Waals surface area (Å²) in [6.07, 6.45) is 4.93. The molecule has 1 aromatic heterocycles. The fourth-order valence-corrected chi connectivity index (χ4v) is 1.84. The molecule has 0 aliphatic carbocycles. The minimum absolute atomic E-state index is 0.331. The quantitative estimate of drug-likeness (QED) is 0.873. The zero-order chi connectivity index (χ0) is 12.8. The van der Waals surface area contributed by atoms with Crippen LogP contribution in [0.25, 0.3) is 0 Å². The van der Waals surface area contributed by atoms with Gasteiger partial charge in [-0.1, -0.05) is 30.3 Å². The molecule has 0 bridgehead atoms. The summed E-state index contributed by atoms with van der Waals surface area (Å²) in [5.74, 6) is 0. The van der Waals surface area contributed by atoms with Crippen LogP contribution < -0.4 is 0 Å². The molecule has 0 amide bonds. The van der Waals surface area contributed by atoms with Crippen molar-refractivity contribution in [1.29, 1.82) is 5.26 Å². The second-order valence-electron chi connectivity index (χ2n) is 4.18. The summed E-state index contributed by atoms with van der Waals surface area (Å²) in [6, 6.07) is 12.1. The number of hydrogen-bond donors (Lipinski definition) is 1. The van der Waals surface area contributed by atoms with Crippen molar-refractivity contribution in [3.05, 3.63) is 54.1 Å². The van der Waals surface area contributed by atoms with E-state index in [0.717, 1.165) is 12.8 Å². The average molecular weight is 241 g/mol. The number of benzene rings is 1. The molecule has 1 atom stereocenters. The molecule has 4 nitrogen and oxygen atoms in total. The maximum atomic E-state index is 9.92. The Balaban J connectivity index is 1.82. The minimum Gasteiger partial charge on any atom is -0.373 e. The third-order valence-electron chi connectivity index (χ3n) is 2.83. The van der Waals surface area contributed by atoms with E-state index in [1.807, 2.05) is 24.3 Å². The third kappa shape index (κ3) is 3.19. The molecule has 0 aliphatic heterocycles. The molecule has 0 spiro atoms. The van der Waals surface area contributed by atoms with E-state index < -0.39 is 6.23 Å². The van der Waals surface area contributed by atoms with Crippen LogP contribution in [0.4, 0.5) is 0 Å². The SMILES string of the molecule is N#Cc1cn(C(O)CCCc2ccccc2)cn1. The summed E-state index contributed by atoms with van der Waals surface area (Å²) in [4.78, 5) is 3.86. The van der Waals surface area contributed by atoms with Crippen molar-refractivity contribution < 1.29 is 5.11 Å². The molecule has 18 heavy (non-hydrogen) atoms. The molecule has 0 radical (unpaired) electrons. The molecule has 1 unspecified atom stereocenters. The van der Waals surface area contributed by atoms with E-state index in [1.165, 1.54) is 11.9 Å². The number of aliphatic hydroxyl groups excluding tert-OH is 1. The predicted octanol–water partition coefficient (Wildman–Crippen LogP) is 2.27. The van der Waals surface area contributed by atoms with E-state index in [4.69, 9.17) is 5.26 Å². The first-order valence-corrected chi connectivity index (χ1v) is 5.95. The molecule has 0 saturated heterocycles.